The molecule has 0 saturated carbocycles. The van der Waals surface area contributed by atoms with E-state index in [9.17, 15) is 0 Å². The highest BCUT2D eigenvalue weighted by Crippen LogP contribution is 2.14. The first-order valence-electron chi connectivity index (χ1n) is 5.50. The molecule has 0 aliphatic carbocycles. The lowest BCUT2D eigenvalue weighted by atomic mass is 10.3. The Bertz CT molecular complexity index is 666. The normalized spacial score (nSPS) is 10.7. The van der Waals surface area contributed by atoms with E-state index in [-0.39, 0.29) is 0 Å². The minimum absolute atomic E-state index is 0.391. The minimum atomic E-state index is 0.391. The molecule has 0 N–H and O–H groups in total. The van der Waals surface area contributed by atoms with Gasteiger partial charge in [0.15, 0.2) is 11.5 Å². The maximum Gasteiger partial charge on any atom is 0.175 e. The molecule has 0 radical (unpaired) electrons. The van der Waals surface area contributed by atoms with E-state index in [1.807, 2.05) is 53.1 Å². The summed E-state index contributed by atoms with van der Waals surface area (Å²) in [6, 6.07) is 13.5. The first-order valence-corrected chi connectivity index (χ1v) is 6.29. The summed E-state index contributed by atoms with van der Waals surface area (Å²) in [6.45, 7) is 0.391. The van der Waals surface area contributed by atoms with Gasteiger partial charge in [-0.1, -0.05) is 18.2 Å². The van der Waals surface area contributed by atoms with Crippen LogP contribution in [0, 0.1) is 0 Å². The van der Waals surface area contributed by atoms with Gasteiger partial charge in [-0.05, 0) is 40.2 Å². The first-order chi connectivity index (χ1) is 8.83. The number of halogens is 1. The SMILES string of the molecule is Brc1ccc2nnc(COc3ccccc3)n2c1. The molecule has 3 rings (SSSR count). The number of hydrogen-bond donors (Lipinski definition) is 0. The molecule has 4 nitrogen and oxygen atoms in total. The summed E-state index contributed by atoms with van der Waals surface area (Å²) in [5.41, 5.74) is 0.810. The Morgan fingerprint density at radius 2 is 1.89 bits per heavy atom. The average molecular weight is 304 g/mol. The van der Waals surface area contributed by atoms with E-state index in [4.69, 9.17) is 4.74 Å². The van der Waals surface area contributed by atoms with E-state index in [0.29, 0.717) is 6.61 Å². The Morgan fingerprint density at radius 1 is 1.06 bits per heavy atom. The van der Waals surface area contributed by atoms with Gasteiger partial charge in [0.1, 0.15) is 12.4 Å². The monoisotopic (exact) mass is 303 g/mol. The highest BCUT2D eigenvalue weighted by atomic mass is 79.9. The zero-order valence-electron chi connectivity index (χ0n) is 9.45. The predicted molar refractivity (Wildman–Crippen MR) is 71.5 cm³/mol. The highest BCUT2D eigenvalue weighted by molar-refractivity contribution is 9.10. The topological polar surface area (TPSA) is 39.4 Å². The van der Waals surface area contributed by atoms with Crippen LogP contribution in [0.15, 0.2) is 53.1 Å². The van der Waals surface area contributed by atoms with Crippen LogP contribution < -0.4 is 4.74 Å². The molecule has 2 heterocycles. The molecule has 90 valence electrons. The molecule has 0 unspecified atom stereocenters. The van der Waals surface area contributed by atoms with Gasteiger partial charge in [0, 0.05) is 10.7 Å². The smallest absolute Gasteiger partial charge is 0.175 e. The molecule has 0 saturated heterocycles. The van der Waals surface area contributed by atoms with Crippen LogP contribution in [0.1, 0.15) is 5.82 Å². The Balaban J connectivity index is 1.85. The van der Waals surface area contributed by atoms with Gasteiger partial charge in [-0.15, -0.1) is 10.2 Å². The number of benzene rings is 1. The number of rotatable bonds is 3. The summed E-state index contributed by atoms with van der Waals surface area (Å²) >= 11 is 3.43. The number of aromatic nitrogens is 3. The molecule has 0 aliphatic heterocycles. The molecular formula is C13H10BrN3O. The van der Waals surface area contributed by atoms with Gasteiger partial charge in [0.25, 0.3) is 0 Å². The third kappa shape index (κ3) is 2.22. The Labute approximate surface area is 112 Å². The molecule has 0 bridgehead atoms. The molecule has 18 heavy (non-hydrogen) atoms. The van der Waals surface area contributed by atoms with Gasteiger partial charge >= 0.3 is 0 Å². The fraction of sp³-hybridized carbons (Fsp3) is 0.0769. The van der Waals surface area contributed by atoms with Crippen molar-refractivity contribution in [1.29, 1.82) is 0 Å². The Morgan fingerprint density at radius 3 is 2.72 bits per heavy atom. The van der Waals surface area contributed by atoms with E-state index in [1.54, 1.807) is 0 Å². The predicted octanol–water partition coefficient (Wildman–Crippen LogP) is 3.07. The lowest BCUT2D eigenvalue weighted by Gasteiger charge is -2.04. The van der Waals surface area contributed by atoms with E-state index >= 15 is 0 Å². The zero-order valence-corrected chi connectivity index (χ0v) is 11.0. The van der Waals surface area contributed by atoms with E-state index in [2.05, 4.69) is 26.1 Å². The quantitative estimate of drug-likeness (QED) is 0.746. The van der Waals surface area contributed by atoms with Crippen molar-refractivity contribution in [1.82, 2.24) is 14.6 Å². The molecular weight excluding hydrogens is 294 g/mol. The van der Waals surface area contributed by atoms with Gasteiger partial charge in [-0.2, -0.15) is 0 Å². The fourth-order valence-corrected chi connectivity index (χ4v) is 2.01. The minimum Gasteiger partial charge on any atom is -0.486 e. The molecule has 2 aromatic heterocycles. The van der Waals surface area contributed by atoms with E-state index in [1.165, 1.54) is 0 Å². The summed E-state index contributed by atoms with van der Waals surface area (Å²) in [6.07, 6.45) is 1.93. The Kier molecular flexibility index (Phi) is 2.98. The molecule has 1 aromatic carbocycles. The van der Waals surface area contributed by atoms with Crippen LogP contribution in [0.4, 0.5) is 0 Å². The second-order valence-corrected chi connectivity index (χ2v) is 4.71. The Hall–Kier alpha value is -1.88. The van der Waals surface area contributed by atoms with E-state index in [0.717, 1.165) is 21.7 Å². The summed E-state index contributed by atoms with van der Waals surface area (Å²) in [5, 5.41) is 8.20. The largest absolute Gasteiger partial charge is 0.486 e. The number of fused-ring (bicyclic) bond motifs is 1. The number of nitrogens with zero attached hydrogens (tertiary/aromatic N) is 3. The van der Waals surface area contributed by atoms with Gasteiger partial charge in [-0.25, -0.2) is 0 Å². The number of ether oxygens (including phenoxy) is 1. The molecule has 0 fully saturated rings. The van der Waals surface area contributed by atoms with Crippen LogP contribution in [0.3, 0.4) is 0 Å². The van der Waals surface area contributed by atoms with Gasteiger partial charge in [-0.3, -0.25) is 4.40 Å². The van der Waals surface area contributed by atoms with Gasteiger partial charge in [0.2, 0.25) is 0 Å². The standard InChI is InChI=1S/C13H10BrN3O/c14-10-6-7-12-15-16-13(17(12)8-10)9-18-11-4-2-1-3-5-11/h1-8H,9H2. The van der Waals surface area contributed by atoms with Crippen LogP contribution in [-0.2, 0) is 6.61 Å². The van der Waals surface area contributed by atoms with Gasteiger partial charge < -0.3 is 4.74 Å². The molecule has 3 aromatic rings. The number of pyridine rings is 1. The van der Waals surface area contributed by atoms with Crippen LogP contribution in [0.2, 0.25) is 0 Å². The summed E-state index contributed by atoms with van der Waals surface area (Å²) in [5.74, 6) is 1.60. The fourth-order valence-electron chi connectivity index (χ4n) is 1.68. The second kappa shape index (κ2) is 4.78. The van der Waals surface area contributed by atoms with Crippen LogP contribution in [-0.4, -0.2) is 14.6 Å². The van der Waals surface area contributed by atoms with Crippen molar-refractivity contribution in [2.75, 3.05) is 0 Å². The molecule has 0 aliphatic rings. The molecule has 0 atom stereocenters. The summed E-state index contributed by atoms with van der Waals surface area (Å²) < 4.78 is 8.55. The lowest BCUT2D eigenvalue weighted by Crippen LogP contribution is -2.01. The van der Waals surface area contributed by atoms with Crippen LogP contribution in [0.5, 0.6) is 5.75 Å². The number of para-hydroxylation sites is 1. The summed E-state index contributed by atoms with van der Waals surface area (Å²) in [4.78, 5) is 0. The average Bonchev–Trinajstić information content (AvgIpc) is 2.80. The molecule has 5 heteroatoms. The van der Waals surface area contributed by atoms with Crippen molar-refractivity contribution < 1.29 is 4.74 Å². The summed E-state index contributed by atoms with van der Waals surface area (Å²) in [7, 11) is 0. The van der Waals surface area contributed by atoms with Crippen LogP contribution in [0.25, 0.3) is 5.65 Å². The zero-order chi connectivity index (χ0) is 12.4. The molecule has 0 amide bonds. The third-order valence-corrected chi connectivity index (χ3v) is 3.02. The maximum absolute atomic E-state index is 5.66. The molecule has 0 spiro atoms. The lowest BCUT2D eigenvalue weighted by molar-refractivity contribution is 0.294. The van der Waals surface area contributed by atoms with Crippen molar-refractivity contribution in [3.05, 3.63) is 59.0 Å². The maximum atomic E-state index is 5.66. The van der Waals surface area contributed by atoms with Gasteiger partial charge in [0.05, 0.1) is 0 Å². The van der Waals surface area contributed by atoms with Crippen molar-refractivity contribution in [2.24, 2.45) is 0 Å². The van der Waals surface area contributed by atoms with Crippen LogP contribution >= 0.6 is 15.9 Å². The number of hydrogen-bond acceptors (Lipinski definition) is 3. The second-order valence-electron chi connectivity index (χ2n) is 3.79. The van der Waals surface area contributed by atoms with Crippen molar-refractivity contribution in [3.8, 4) is 5.75 Å². The first kappa shape index (κ1) is 11.2. The van der Waals surface area contributed by atoms with Crippen molar-refractivity contribution in [3.63, 3.8) is 0 Å². The van der Waals surface area contributed by atoms with Crippen molar-refractivity contribution >= 4 is 21.6 Å². The highest BCUT2D eigenvalue weighted by Gasteiger charge is 2.06. The van der Waals surface area contributed by atoms with Crippen molar-refractivity contribution in [2.45, 2.75) is 6.61 Å². The third-order valence-electron chi connectivity index (χ3n) is 2.55. The van der Waals surface area contributed by atoms with E-state index < -0.39 is 0 Å².